The third kappa shape index (κ3) is 9.05. The van der Waals surface area contributed by atoms with Gasteiger partial charge >= 0.3 is 11.9 Å². The lowest BCUT2D eigenvalue weighted by Gasteiger charge is -2.25. The molecule has 0 spiro atoms. The third-order valence-electron chi connectivity index (χ3n) is 7.49. The van der Waals surface area contributed by atoms with Crippen LogP contribution >= 0.6 is 0 Å². The molecule has 0 amide bonds. The van der Waals surface area contributed by atoms with Crippen LogP contribution in [0.15, 0.2) is 58.7 Å². The molecule has 0 aromatic heterocycles. The maximum atomic E-state index is 11.3. The quantitative estimate of drug-likeness (QED) is 0.144. The minimum Gasteiger partial charge on any atom is -0.481 e. The first-order valence-electron chi connectivity index (χ1n) is 13.4. The topological polar surface area (TPSA) is 156 Å². The molecule has 0 radical (unpaired) electrons. The number of rotatable bonds is 14. The number of aliphatic hydroxyl groups excluding tert-OH is 4. The summed E-state index contributed by atoms with van der Waals surface area (Å²) in [5.74, 6) is -1.69. The van der Waals surface area contributed by atoms with Crippen molar-refractivity contribution in [3.63, 3.8) is 0 Å². The Morgan fingerprint density at radius 2 is 1.00 bits per heavy atom. The maximum Gasteiger partial charge on any atom is 0.309 e. The van der Waals surface area contributed by atoms with E-state index in [-0.39, 0.29) is 0 Å². The van der Waals surface area contributed by atoms with E-state index in [1.54, 1.807) is 52.0 Å². The number of aliphatic hydroxyl groups is 4. The second-order valence-electron chi connectivity index (χ2n) is 11.7. The summed E-state index contributed by atoms with van der Waals surface area (Å²) < 4.78 is 0. The SMILES string of the molecule is CC(C)(CCCCC1=CC(O)C=C(C=CC2=CC(O)C=C(CCCCC(C)(C)C(=O)O)C2O)C1O)C(=O)O. The van der Waals surface area contributed by atoms with Gasteiger partial charge in [-0.15, -0.1) is 0 Å². The van der Waals surface area contributed by atoms with Gasteiger partial charge < -0.3 is 30.6 Å². The highest BCUT2D eigenvalue weighted by Crippen LogP contribution is 2.31. The van der Waals surface area contributed by atoms with Crippen LogP contribution in [-0.4, -0.2) is 67.0 Å². The fourth-order valence-electron chi connectivity index (χ4n) is 4.65. The van der Waals surface area contributed by atoms with Gasteiger partial charge in [0.25, 0.3) is 0 Å². The third-order valence-corrected chi connectivity index (χ3v) is 7.49. The standard InChI is InChI=1S/C30H44O8/c1-29(2,27(35)36)13-7-5-9-19-15-23(31)17-21(25(19)33)11-12-22-18-24(32)16-20(26(22)34)10-6-8-14-30(3,4)28(37)38/h11-12,15-18,23-26,31-34H,5-10,13-14H2,1-4H3,(H,35,36)(H,37,38). The van der Waals surface area contributed by atoms with Gasteiger partial charge in [-0.25, -0.2) is 0 Å². The summed E-state index contributed by atoms with van der Waals surface area (Å²) in [6.45, 7) is 6.74. The second-order valence-corrected chi connectivity index (χ2v) is 11.7. The van der Waals surface area contributed by atoms with Crippen molar-refractivity contribution in [1.82, 2.24) is 0 Å². The summed E-state index contributed by atoms with van der Waals surface area (Å²) in [7, 11) is 0. The van der Waals surface area contributed by atoms with Crippen molar-refractivity contribution in [1.29, 1.82) is 0 Å². The average molecular weight is 533 g/mol. The predicted molar refractivity (Wildman–Crippen MR) is 145 cm³/mol. The van der Waals surface area contributed by atoms with Gasteiger partial charge in [-0.05, 0) is 101 Å². The van der Waals surface area contributed by atoms with Crippen LogP contribution in [0.5, 0.6) is 0 Å². The second kappa shape index (κ2) is 13.5. The first-order valence-corrected chi connectivity index (χ1v) is 13.4. The van der Waals surface area contributed by atoms with Crippen LogP contribution in [0.25, 0.3) is 0 Å². The first-order chi connectivity index (χ1) is 17.6. The predicted octanol–water partition coefficient (Wildman–Crippen LogP) is 4.06. The number of carbonyl (C=O) groups is 2. The fraction of sp³-hybridized carbons (Fsp3) is 0.600. The van der Waals surface area contributed by atoms with Crippen molar-refractivity contribution in [3.05, 3.63) is 58.7 Å². The van der Waals surface area contributed by atoms with Crippen LogP contribution in [0.2, 0.25) is 0 Å². The number of aliphatic carboxylic acids is 2. The van der Waals surface area contributed by atoms with Crippen molar-refractivity contribution in [2.24, 2.45) is 10.8 Å². The van der Waals surface area contributed by atoms with Gasteiger partial charge in [-0.1, -0.05) is 37.1 Å². The van der Waals surface area contributed by atoms with Crippen LogP contribution < -0.4 is 0 Å². The minimum absolute atomic E-state index is 0.482. The lowest BCUT2D eigenvalue weighted by Crippen LogP contribution is -2.24. The molecule has 8 nitrogen and oxygen atoms in total. The molecule has 0 saturated heterocycles. The van der Waals surface area contributed by atoms with Gasteiger partial charge in [0.1, 0.15) is 0 Å². The van der Waals surface area contributed by atoms with Crippen LogP contribution in [-0.2, 0) is 9.59 Å². The molecule has 0 bridgehead atoms. The summed E-state index contributed by atoms with van der Waals surface area (Å²) in [4.78, 5) is 22.6. The molecule has 212 valence electrons. The largest absolute Gasteiger partial charge is 0.481 e. The van der Waals surface area contributed by atoms with E-state index in [1.165, 1.54) is 12.2 Å². The number of hydrogen-bond acceptors (Lipinski definition) is 6. The summed E-state index contributed by atoms with van der Waals surface area (Å²) in [6, 6.07) is 0. The van der Waals surface area contributed by atoms with Gasteiger partial charge in [0.05, 0.1) is 35.2 Å². The molecule has 0 saturated carbocycles. The van der Waals surface area contributed by atoms with Crippen molar-refractivity contribution >= 4 is 11.9 Å². The van der Waals surface area contributed by atoms with Gasteiger partial charge in [0.15, 0.2) is 0 Å². The molecule has 2 rings (SSSR count). The number of carboxylic acid groups (broad SMARTS) is 2. The Morgan fingerprint density at radius 3 is 1.32 bits per heavy atom. The number of carboxylic acids is 2. The summed E-state index contributed by atoms with van der Waals surface area (Å²) in [6.07, 6.45) is 10.7. The van der Waals surface area contributed by atoms with Crippen LogP contribution in [0.3, 0.4) is 0 Å². The molecule has 0 aromatic rings. The Morgan fingerprint density at radius 1 is 0.658 bits per heavy atom. The van der Waals surface area contributed by atoms with Crippen LogP contribution in [0, 0.1) is 10.8 Å². The summed E-state index contributed by atoms with van der Waals surface area (Å²) >= 11 is 0. The zero-order valence-corrected chi connectivity index (χ0v) is 22.9. The monoisotopic (exact) mass is 532 g/mol. The Bertz CT molecular complexity index is 931. The van der Waals surface area contributed by atoms with Gasteiger partial charge in [0, 0.05) is 0 Å². The highest BCUT2D eigenvalue weighted by molar-refractivity contribution is 5.73. The molecule has 0 heterocycles. The molecule has 6 N–H and O–H groups in total. The van der Waals surface area contributed by atoms with E-state index < -0.39 is 47.2 Å². The smallest absolute Gasteiger partial charge is 0.309 e. The highest BCUT2D eigenvalue weighted by Gasteiger charge is 2.28. The van der Waals surface area contributed by atoms with Crippen LogP contribution in [0.1, 0.15) is 79.1 Å². The van der Waals surface area contributed by atoms with E-state index in [1.807, 2.05) is 0 Å². The molecule has 4 atom stereocenters. The van der Waals surface area contributed by atoms with E-state index in [0.29, 0.717) is 73.7 Å². The first kappa shape index (κ1) is 31.7. The molecule has 0 fully saturated rings. The zero-order chi connectivity index (χ0) is 28.7. The van der Waals surface area contributed by atoms with E-state index in [2.05, 4.69) is 0 Å². The molecule has 38 heavy (non-hydrogen) atoms. The Hall–Kier alpha value is -2.52. The molecular formula is C30H44O8. The van der Waals surface area contributed by atoms with Gasteiger partial charge in [-0.3, -0.25) is 9.59 Å². The Balaban J connectivity index is 1.95. The van der Waals surface area contributed by atoms with Crippen LogP contribution in [0.4, 0.5) is 0 Å². The molecule has 0 aromatic carbocycles. The summed E-state index contributed by atoms with van der Waals surface area (Å²) in [5, 5.41) is 60.8. The van der Waals surface area contributed by atoms with Crippen molar-refractivity contribution in [2.75, 3.05) is 0 Å². The normalized spacial score (nSPS) is 24.5. The average Bonchev–Trinajstić information content (AvgIpc) is 2.82. The van der Waals surface area contributed by atoms with Crippen molar-refractivity contribution in [2.45, 2.75) is 103 Å². The molecule has 4 unspecified atom stereocenters. The van der Waals surface area contributed by atoms with Crippen molar-refractivity contribution in [3.8, 4) is 0 Å². The summed E-state index contributed by atoms with van der Waals surface area (Å²) in [5.41, 5.74) is 0.667. The lowest BCUT2D eigenvalue weighted by molar-refractivity contribution is -0.148. The van der Waals surface area contributed by atoms with E-state index >= 15 is 0 Å². The van der Waals surface area contributed by atoms with Crippen molar-refractivity contribution < 1.29 is 40.2 Å². The zero-order valence-electron chi connectivity index (χ0n) is 22.9. The minimum atomic E-state index is -0.930. The maximum absolute atomic E-state index is 11.3. The number of unbranched alkanes of at least 4 members (excludes halogenated alkanes) is 2. The molecular weight excluding hydrogens is 488 g/mol. The van der Waals surface area contributed by atoms with Gasteiger partial charge in [-0.2, -0.15) is 0 Å². The molecule has 0 aliphatic heterocycles. The Kier molecular flexibility index (Phi) is 11.3. The van der Waals surface area contributed by atoms with Gasteiger partial charge in [0.2, 0.25) is 0 Å². The molecule has 8 heteroatoms. The lowest BCUT2D eigenvalue weighted by atomic mass is 9.84. The number of hydrogen-bond donors (Lipinski definition) is 6. The molecule has 2 aliphatic rings. The highest BCUT2D eigenvalue weighted by atomic mass is 16.4. The van der Waals surface area contributed by atoms with E-state index in [0.717, 1.165) is 0 Å². The van der Waals surface area contributed by atoms with E-state index in [4.69, 9.17) is 0 Å². The van der Waals surface area contributed by atoms with E-state index in [9.17, 15) is 40.2 Å². The molecule has 2 aliphatic carbocycles. The Labute approximate surface area is 225 Å². The fourth-order valence-corrected chi connectivity index (χ4v) is 4.65.